The molecular formula is C16H26N2O2. The standard InChI is InChI=1S/C16H26N2O2/c1-12-7-5-6-8-13(12)10-19-15-18-14(11-20-15)9-17-16(2,3)4/h5-6,11-13,17H,7-10H2,1-4H3. The molecular weight excluding hydrogens is 252 g/mol. The first kappa shape index (κ1) is 15.1. The molecule has 0 radical (unpaired) electrons. The molecule has 0 saturated heterocycles. The van der Waals surface area contributed by atoms with Crippen molar-refractivity contribution >= 4 is 0 Å². The Kier molecular flexibility index (Phi) is 4.86. The Labute approximate surface area is 121 Å². The normalized spacial score (nSPS) is 23.0. The first-order chi connectivity index (χ1) is 9.44. The summed E-state index contributed by atoms with van der Waals surface area (Å²) in [6, 6.07) is 0. The van der Waals surface area contributed by atoms with E-state index in [0.717, 1.165) is 18.5 Å². The highest BCUT2D eigenvalue weighted by Crippen LogP contribution is 2.25. The van der Waals surface area contributed by atoms with Crippen molar-refractivity contribution in [2.75, 3.05) is 6.61 Å². The van der Waals surface area contributed by atoms with Gasteiger partial charge < -0.3 is 14.5 Å². The second kappa shape index (κ2) is 6.44. The van der Waals surface area contributed by atoms with E-state index in [0.29, 0.717) is 31.1 Å². The van der Waals surface area contributed by atoms with Gasteiger partial charge in [-0.25, -0.2) is 0 Å². The van der Waals surface area contributed by atoms with Crippen LogP contribution in [0.25, 0.3) is 0 Å². The zero-order chi connectivity index (χ0) is 14.6. The van der Waals surface area contributed by atoms with E-state index >= 15 is 0 Å². The summed E-state index contributed by atoms with van der Waals surface area (Å²) in [5.74, 6) is 1.22. The van der Waals surface area contributed by atoms with Crippen molar-refractivity contribution in [3.05, 3.63) is 24.1 Å². The fraction of sp³-hybridized carbons (Fsp3) is 0.688. The van der Waals surface area contributed by atoms with Crippen LogP contribution in [0.4, 0.5) is 0 Å². The van der Waals surface area contributed by atoms with Crippen LogP contribution in [-0.2, 0) is 6.54 Å². The van der Waals surface area contributed by atoms with Gasteiger partial charge in [-0.1, -0.05) is 19.1 Å². The number of allylic oxidation sites excluding steroid dienone is 2. The van der Waals surface area contributed by atoms with Crippen LogP contribution in [0, 0.1) is 11.8 Å². The third-order valence-electron chi connectivity index (χ3n) is 3.67. The molecule has 4 heteroatoms. The van der Waals surface area contributed by atoms with Crippen molar-refractivity contribution in [1.29, 1.82) is 0 Å². The first-order valence-electron chi connectivity index (χ1n) is 7.41. The van der Waals surface area contributed by atoms with Crippen molar-refractivity contribution in [3.8, 4) is 6.08 Å². The summed E-state index contributed by atoms with van der Waals surface area (Å²) >= 11 is 0. The zero-order valence-electron chi connectivity index (χ0n) is 13.0. The molecule has 1 aliphatic carbocycles. The van der Waals surface area contributed by atoms with Gasteiger partial charge in [-0.3, -0.25) is 0 Å². The Morgan fingerprint density at radius 3 is 2.80 bits per heavy atom. The zero-order valence-corrected chi connectivity index (χ0v) is 13.0. The Balaban J connectivity index is 1.79. The fourth-order valence-corrected chi connectivity index (χ4v) is 2.21. The lowest BCUT2D eigenvalue weighted by Gasteiger charge is -2.24. The molecule has 2 atom stereocenters. The average Bonchev–Trinajstić information content (AvgIpc) is 2.83. The van der Waals surface area contributed by atoms with Crippen molar-refractivity contribution in [2.45, 2.75) is 52.6 Å². The molecule has 20 heavy (non-hydrogen) atoms. The van der Waals surface area contributed by atoms with Gasteiger partial charge in [0.25, 0.3) is 0 Å². The van der Waals surface area contributed by atoms with Crippen LogP contribution in [0.5, 0.6) is 6.08 Å². The Bertz CT molecular complexity index is 446. The van der Waals surface area contributed by atoms with Gasteiger partial charge >= 0.3 is 6.08 Å². The average molecular weight is 278 g/mol. The van der Waals surface area contributed by atoms with E-state index in [1.807, 2.05) is 0 Å². The molecule has 1 aromatic heterocycles. The van der Waals surface area contributed by atoms with Crippen LogP contribution in [0.1, 0.15) is 46.2 Å². The van der Waals surface area contributed by atoms with E-state index in [1.54, 1.807) is 6.26 Å². The Morgan fingerprint density at radius 1 is 1.35 bits per heavy atom. The van der Waals surface area contributed by atoms with Gasteiger partial charge in [0.2, 0.25) is 0 Å². The quantitative estimate of drug-likeness (QED) is 0.837. The van der Waals surface area contributed by atoms with Gasteiger partial charge in [0.05, 0.1) is 12.3 Å². The third-order valence-corrected chi connectivity index (χ3v) is 3.67. The molecule has 1 aliphatic rings. The number of oxazole rings is 1. The molecule has 1 N–H and O–H groups in total. The Hall–Kier alpha value is -1.29. The van der Waals surface area contributed by atoms with E-state index in [1.165, 1.54) is 0 Å². The largest absolute Gasteiger partial charge is 0.450 e. The van der Waals surface area contributed by atoms with E-state index in [2.05, 4.69) is 50.1 Å². The summed E-state index contributed by atoms with van der Waals surface area (Å²) in [4.78, 5) is 4.35. The van der Waals surface area contributed by atoms with Crippen molar-refractivity contribution < 1.29 is 9.15 Å². The molecule has 0 spiro atoms. The maximum atomic E-state index is 5.69. The molecule has 0 saturated carbocycles. The predicted molar refractivity (Wildman–Crippen MR) is 79.6 cm³/mol. The van der Waals surface area contributed by atoms with E-state index in [4.69, 9.17) is 9.15 Å². The summed E-state index contributed by atoms with van der Waals surface area (Å²) in [5, 5.41) is 3.38. The van der Waals surface area contributed by atoms with Gasteiger partial charge in [0.1, 0.15) is 6.26 Å². The summed E-state index contributed by atoms with van der Waals surface area (Å²) in [5.41, 5.74) is 0.954. The van der Waals surface area contributed by atoms with Crippen LogP contribution in [0.15, 0.2) is 22.8 Å². The second-order valence-electron chi connectivity index (χ2n) is 6.70. The molecule has 0 amide bonds. The molecule has 112 valence electrons. The van der Waals surface area contributed by atoms with Crippen LogP contribution in [0.2, 0.25) is 0 Å². The van der Waals surface area contributed by atoms with E-state index in [9.17, 15) is 0 Å². The molecule has 0 aliphatic heterocycles. The maximum absolute atomic E-state index is 5.69. The van der Waals surface area contributed by atoms with Crippen molar-refractivity contribution in [3.63, 3.8) is 0 Å². The maximum Gasteiger partial charge on any atom is 0.393 e. The molecule has 0 fully saturated rings. The number of hydrogen-bond donors (Lipinski definition) is 1. The topological polar surface area (TPSA) is 47.3 Å². The van der Waals surface area contributed by atoms with Crippen LogP contribution < -0.4 is 10.1 Å². The Morgan fingerprint density at radius 2 is 2.10 bits per heavy atom. The monoisotopic (exact) mass is 278 g/mol. The lowest BCUT2D eigenvalue weighted by molar-refractivity contribution is 0.157. The number of nitrogens with zero attached hydrogens (tertiary/aromatic N) is 1. The minimum atomic E-state index is 0.0732. The highest BCUT2D eigenvalue weighted by Gasteiger charge is 2.20. The summed E-state index contributed by atoms with van der Waals surface area (Å²) in [6.45, 7) is 10.0. The fourth-order valence-electron chi connectivity index (χ4n) is 2.21. The predicted octanol–water partition coefficient (Wildman–Crippen LogP) is 3.54. The SMILES string of the molecule is CC1CC=CCC1COc1nc(CNC(C)(C)C)co1. The molecule has 4 nitrogen and oxygen atoms in total. The van der Waals surface area contributed by atoms with E-state index in [-0.39, 0.29) is 5.54 Å². The molecule has 0 aromatic carbocycles. The molecule has 0 bridgehead atoms. The molecule has 2 unspecified atom stereocenters. The van der Waals surface area contributed by atoms with Crippen LogP contribution >= 0.6 is 0 Å². The van der Waals surface area contributed by atoms with Crippen molar-refractivity contribution in [2.24, 2.45) is 11.8 Å². The van der Waals surface area contributed by atoms with Crippen molar-refractivity contribution in [1.82, 2.24) is 10.3 Å². The van der Waals surface area contributed by atoms with Gasteiger partial charge in [-0.15, -0.1) is 0 Å². The van der Waals surface area contributed by atoms with Gasteiger partial charge in [0.15, 0.2) is 0 Å². The highest BCUT2D eigenvalue weighted by atomic mass is 16.6. The summed E-state index contributed by atoms with van der Waals surface area (Å²) in [7, 11) is 0. The lowest BCUT2D eigenvalue weighted by Crippen LogP contribution is -2.35. The number of ether oxygens (including phenoxy) is 1. The number of rotatable bonds is 5. The minimum Gasteiger partial charge on any atom is -0.450 e. The summed E-state index contributed by atoms with van der Waals surface area (Å²) < 4.78 is 11.1. The highest BCUT2D eigenvalue weighted by molar-refractivity contribution is 5.01. The second-order valence-corrected chi connectivity index (χ2v) is 6.70. The van der Waals surface area contributed by atoms with Gasteiger partial charge in [-0.2, -0.15) is 4.98 Å². The molecule has 1 aromatic rings. The molecule has 1 heterocycles. The number of nitrogens with one attached hydrogen (secondary N) is 1. The third kappa shape index (κ3) is 4.67. The number of aromatic nitrogens is 1. The number of hydrogen-bond acceptors (Lipinski definition) is 4. The van der Waals surface area contributed by atoms with Gasteiger partial charge in [-0.05, 0) is 45.4 Å². The lowest BCUT2D eigenvalue weighted by atomic mass is 9.85. The van der Waals surface area contributed by atoms with Crippen LogP contribution in [0.3, 0.4) is 0 Å². The van der Waals surface area contributed by atoms with Crippen LogP contribution in [-0.4, -0.2) is 17.1 Å². The van der Waals surface area contributed by atoms with E-state index < -0.39 is 0 Å². The smallest absolute Gasteiger partial charge is 0.393 e. The molecule has 2 rings (SSSR count). The van der Waals surface area contributed by atoms with Gasteiger partial charge in [0, 0.05) is 12.1 Å². The minimum absolute atomic E-state index is 0.0732. The summed E-state index contributed by atoms with van der Waals surface area (Å²) in [6.07, 6.45) is 8.77. The first-order valence-corrected chi connectivity index (χ1v) is 7.41.